The van der Waals surface area contributed by atoms with Gasteiger partial charge in [0.25, 0.3) is 0 Å². The molecule has 1 aromatic rings. The number of hydrogen-bond donors (Lipinski definition) is 0. The van der Waals surface area contributed by atoms with E-state index in [0.29, 0.717) is 46.6 Å². The maximum Gasteiger partial charge on any atom is 0.410 e. The van der Waals surface area contributed by atoms with Crippen LogP contribution < -0.4 is 4.74 Å². The average Bonchev–Trinajstić information content (AvgIpc) is 3.14. The van der Waals surface area contributed by atoms with Crippen LogP contribution in [0, 0.1) is 5.92 Å². The largest absolute Gasteiger partial charge is 0.591 e. The number of carbonyl (C=O) groups is 1. The maximum atomic E-state index is 13.0. The van der Waals surface area contributed by atoms with Crippen LogP contribution in [0.15, 0.2) is 29.2 Å². The van der Waals surface area contributed by atoms with Gasteiger partial charge in [-0.3, -0.25) is 0 Å². The summed E-state index contributed by atoms with van der Waals surface area (Å²) in [5.74, 6) is 0.303. The Hall–Kier alpha value is -1.41. The minimum atomic E-state index is -1.53. The predicted molar refractivity (Wildman–Crippen MR) is 133 cm³/mol. The predicted octanol–water partition coefficient (Wildman–Crippen LogP) is 6.07. The van der Waals surface area contributed by atoms with Gasteiger partial charge in [-0.25, -0.2) is 4.79 Å². The molecule has 178 valence electrons. The molecule has 1 aromatic carbocycles. The lowest BCUT2D eigenvalue weighted by Crippen LogP contribution is -2.36. The summed E-state index contributed by atoms with van der Waals surface area (Å²) >= 11 is 11.0. The van der Waals surface area contributed by atoms with Crippen LogP contribution >= 0.6 is 23.2 Å². The van der Waals surface area contributed by atoms with E-state index in [1.54, 1.807) is 23.1 Å². The maximum absolute atomic E-state index is 13.0. The minimum absolute atomic E-state index is 0.169. The molecule has 1 heterocycles. The summed E-state index contributed by atoms with van der Waals surface area (Å²) in [7, 11) is 0. The molecule has 1 aliphatic heterocycles. The zero-order valence-electron chi connectivity index (χ0n) is 19.5. The third-order valence-corrected chi connectivity index (χ3v) is 6.72. The van der Waals surface area contributed by atoms with Gasteiger partial charge in [-0.2, -0.15) is 0 Å². The van der Waals surface area contributed by atoms with E-state index < -0.39 is 21.7 Å². The molecule has 6 nitrogen and oxygen atoms in total. The Labute approximate surface area is 204 Å². The van der Waals surface area contributed by atoms with Gasteiger partial charge < -0.3 is 18.9 Å². The number of hydrogen-bond acceptors (Lipinski definition) is 5. The van der Waals surface area contributed by atoms with Crippen molar-refractivity contribution in [3.63, 3.8) is 0 Å². The zero-order chi connectivity index (χ0) is 24.3. The van der Waals surface area contributed by atoms with Crippen molar-refractivity contribution in [3.8, 4) is 5.75 Å². The Kier molecular flexibility index (Phi) is 8.96. The van der Waals surface area contributed by atoms with Gasteiger partial charge in [0, 0.05) is 30.6 Å². The zero-order valence-corrected chi connectivity index (χ0v) is 21.9. The second-order valence-electron chi connectivity index (χ2n) is 9.61. The van der Waals surface area contributed by atoms with Crippen molar-refractivity contribution in [2.24, 2.45) is 10.3 Å². The van der Waals surface area contributed by atoms with E-state index >= 15 is 0 Å². The first kappa shape index (κ1) is 26.8. The summed E-state index contributed by atoms with van der Waals surface area (Å²) in [4.78, 5) is 14.2. The SMILES string of the molecule is C=CCOc1cc(Cl)c(Cl)cc1C(=N[S+]([O-])C(C)(C)C)[C@@H]1CCN(C(=O)OC(C)(C)C)C1. The number of carbonyl (C=O) groups excluding carboxylic acids is 1. The number of likely N-dealkylation sites (tertiary alicyclic amines) is 1. The molecule has 0 N–H and O–H groups in total. The highest BCUT2D eigenvalue weighted by Crippen LogP contribution is 2.35. The standard InChI is InChI=1S/C23H32Cl2N2O4S/c1-8-11-30-19-13-18(25)17(24)12-16(19)20(26-32(29)23(5,6)7)15-9-10-27(14-15)21(28)31-22(2,3)4/h8,12-13,15H,1,9-11,14H2,2-7H3/t15-,32?/m1/s1. The fourth-order valence-electron chi connectivity index (χ4n) is 3.04. The van der Waals surface area contributed by atoms with Crippen LogP contribution in [-0.2, 0) is 16.1 Å². The van der Waals surface area contributed by atoms with Crippen LogP contribution in [-0.4, -0.2) is 51.3 Å². The van der Waals surface area contributed by atoms with Crippen LogP contribution in [0.4, 0.5) is 4.79 Å². The van der Waals surface area contributed by atoms with Crippen molar-refractivity contribution >= 4 is 46.4 Å². The molecule has 0 aromatic heterocycles. The van der Waals surface area contributed by atoms with E-state index in [-0.39, 0.29) is 18.6 Å². The minimum Gasteiger partial charge on any atom is -0.591 e. The van der Waals surface area contributed by atoms with Gasteiger partial charge in [-0.1, -0.05) is 40.3 Å². The van der Waals surface area contributed by atoms with Gasteiger partial charge in [0.2, 0.25) is 0 Å². The number of nitrogens with zero attached hydrogens (tertiary/aromatic N) is 2. The highest BCUT2D eigenvalue weighted by atomic mass is 35.5. The summed E-state index contributed by atoms with van der Waals surface area (Å²) in [6, 6.07) is 3.30. The van der Waals surface area contributed by atoms with E-state index in [2.05, 4.69) is 11.0 Å². The molecular weight excluding hydrogens is 471 g/mol. The second kappa shape index (κ2) is 10.7. The van der Waals surface area contributed by atoms with E-state index in [9.17, 15) is 9.35 Å². The van der Waals surface area contributed by atoms with E-state index in [0.717, 1.165) is 0 Å². The summed E-state index contributed by atoms with van der Waals surface area (Å²) in [5, 5.41) is 0.677. The normalized spacial score (nSPS) is 18.5. The summed E-state index contributed by atoms with van der Waals surface area (Å²) < 4.78 is 28.4. The lowest BCUT2D eigenvalue weighted by atomic mass is 9.95. The fraction of sp³-hybridized carbons (Fsp3) is 0.565. The van der Waals surface area contributed by atoms with E-state index in [4.69, 9.17) is 32.7 Å². The molecule has 0 radical (unpaired) electrons. The summed E-state index contributed by atoms with van der Waals surface area (Å²) in [6.07, 6.45) is 1.88. The van der Waals surface area contributed by atoms with Crippen LogP contribution in [0.3, 0.4) is 0 Å². The molecule has 1 saturated heterocycles. The molecule has 2 atom stereocenters. The van der Waals surface area contributed by atoms with Crippen LogP contribution in [0.5, 0.6) is 5.75 Å². The van der Waals surface area contributed by atoms with Gasteiger partial charge in [0.05, 0.1) is 10.0 Å². The summed E-state index contributed by atoms with van der Waals surface area (Å²) in [6.45, 7) is 15.9. The molecular formula is C23H32Cl2N2O4S. The molecule has 0 saturated carbocycles. The van der Waals surface area contributed by atoms with Crippen LogP contribution in [0.25, 0.3) is 0 Å². The Bertz CT molecular complexity index is 878. The van der Waals surface area contributed by atoms with Crippen molar-refractivity contribution in [2.45, 2.75) is 58.3 Å². The van der Waals surface area contributed by atoms with Crippen molar-refractivity contribution in [3.05, 3.63) is 40.4 Å². The highest BCUT2D eigenvalue weighted by Gasteiger charge is 2.37. The third-order valence-electron chi connectivity index (χ3n) is 4.59. The van der Waals surface area contributed by atoms with Crippen molar-refractivity contribution in [1.29, 1.82) is 0 Å². The fourth-order valence-corrected chi connectivity index (χ4v) is 4.06. The topological polar surface area (TPSA) is 74.2 Å². The Morgan fingerprint density at radius 2 is 1.91 bits per heavy atom. The molecule has 2 rings (SSSR count). The molecule has 9 heteroatoms. The van der Waals surface area contributed by atoms with Crippen molar-refractivity contribution in [1.82, 2.24) is 4.90 Å². The molecule has 1 amide bonds. The van der Waals surface area contributed by atoms with Crippen LogP contribution in [0.2, 0.25) is 10.0 Å². The van der Waals surface area contributed by atoms with Gasteiger partial charge in [0.1, 0.15) is 39.8 Å². The van der Waals surface area contributed by atoms with Crippen molar-refractivity contribution < 1.29 is 18.8 Å². The average molecular weight is 503 g/mol. The molecule has 0 spiro atoms. The number of rotatable bonds is 6. The van der Waals surface area contributed by atoms with Gasteiger partial charge in [0.15, 0.2) is 0 Å². The highest BCUT2D eigenvalue weighted by molar-refractivity contribution is 7.91. The second-order valence-corrected chi connectivity index (χ2v) is 12.3. The smallest absolute Gasteiger partial charge is 0.410 e. The van der Waals surface area contributed by atoms with Gasteiger partial charge in [-0.05, 0) is 54.0 Å². The molecule has 32 heavy (non-hydrogen) atoms. The molecule has 1 fully saturated rings. The third kappa shape index (κ3) is 7.30. The quantitative estimate of drug-likeness (QED) is 0.268. The number of amides is 1. The first-order valence-electron chi connectivity index (χ1n) is 10.4. The molecule has 1 aliphatic rings. The number of halogens is 2. The van der Waals surface area contributed by atoms with Crippen LogP contribution in [0.1, 0.15) is 53.5 Å². The lowest BCUT2D eigenvalue weighted by molar-refractivity contribution is 0.0292. The van der Waals surface area contributed by atoms with Crippen molar-refractivity contribution in [2.75, 3.05) is 19.7 Å². The Balaban J connectivity index is 2.48. The number of benzene rings is 1. The molecule has 0 bridgehead atoms. The van der Waals surface area contributed by atoms with E-state index in [1.165, 1.54) is 0 Å². The Morgan fingerprint density at radius 3 is 2.47 bits per heavy atom. The monoisotopic (exact) mass is 502 g/mol. The van der Waals surface area contributed by atoms with Gasteiger partial charge >= 0.3 is 6.09 Å². The van der Waals surface area contributed by atoms with Gasteiger partial charge in [-0.15, -0.1) is 0 Å². The Morgan fingerprint density at radius 1 is 1.28 bits per heavy atom. The van der Waals surface area contributed by atoms with E-state index in [1.807, 2.05) is 41.5 Å². The first-order valence-corrected chi connectivity index (χ1v) is 12.3. The molecule has 0 aliphatic carbocycles. The first-order chi connectivity index (χ1) is 14.7. The number of ether oxygens (including phenoxy) is 2. The summed E-state index contributed by atoms with van der Waals surface area (Å²) in [5.41, 5.74) is 0.590. The molecule has 1 unspecified atom stereocenters. The lowest BCUT2D eigenvalue weighted by Gasteiger charge is -2.25.